The van der Waals surface area contributed by atoms with Crippen LogP contribution in [0.2, 0.25) is 0 Å². The lowest BCUT2D eigenvalue weighted by atomic mass is 9.62. The van der Waals surface area contributed by atoms with E-state index in [0.29, 0.717) is 66.5 Å². The molecule has 602 valence electrons. The number of carbonyl (C=O) groups is 4. The van der Waals surface area contributed by atoms with E-state index in [1.54, 1.807) is 32.9 Å². The summed E-state index contributed by atoms with van der Waals surface area (Å²) in [6.07, 6.45) is 21.5. The number of hydrogen-bond acceptors (Lipinski definition) is 12. The molecule has 7 aromatic carbocycles. The van der Waals surface area contributed by atoms with Crippen LogP contribution in [0.15, 0.2) is 194 Å². The molecule has 4 saturated heterocycles. The van der Waals surface area contributed by atoms with E-state index >= 15 is 0 Å². The van der Waals surface area contributed by atoms with Crippen molar-refractivity contribution in [2.75, 3.05) is 96.3 Å². The van der Waals surface area contributed by atoms with Gasteiger partial charge < -0.3 is 36.0 Å². The fourth-order valence-electron chi connectivity index (χ4n) is 21.3. The van der Waals surface area contributed by atoms with Crippen LogP contribution in [0.5, 0.6) is 0 Å². The number of benzene rings is 7. The molecule has 6 saturated carbocycles. The quantitative estimate of drug-likeness (QED) is 0.0644. The molecule has 0 aromatic heterocycles. The van der Waals surface area contributed by atoms with Gasteiger partial charge >= 0.3 is 24.1 Å². The number of anilines is 3. The first kappa shape index (κ1) is 81.5. The van der Waals surface area contributed by atoms with E-state index in [1.807, 2.05) is 64.4 Å². The van der Waals surface area contributed by atoms with Gasteiger partial charge in [0.25, 0.3) is 0 Å². The van der Waals surface area contributed by atoms with Crippen molar-refractivity contribution in [2.45, 2.75) is 210 Å². The minimum absolute atomic E-state index is 0.00474. The average Bonchev–Trinajstić information content (AvgIpc) is 1.65. The van der Waals surface area contributed by atoms with Crippen molar-refractivity contribution in [1.82, 2.24) is 40.4 Å². The molecule has 0 atom stereocenters. The second kappa shape index (κ2) is 32.9. The van der Waals surface area contributed by atoms with Crippen molar-refractivity contribution in [3.63, 3.8) is 0 Å². The molecule has 0 bridgehead atoms. The van der Waals surface area contributed by atoms with Crippen LogP contribution in [-0.4, -0.2) is 174 Å². The number of nitrogens with zero attached hydrogens (tertiary/aromatic N) is 11. The summed E-state index contributed by atoms with van der Waals surface area (Å²) >= 11 is 0. The first-order chi connectivity index (χ1) is 55.3. The predicted molar refractivity (Wildman–Crippen MR) is 451 cm³/mol. The van der Waals surface area contributed by atoms with Gasteiger partial charge in [0.2, 0.25) is 0 Å². The Bertz CT molecular complexity index is 4720. The van der Waals surface area contributed by atoms with Crippen LogP contribution < -0.4 is 30.7 Å². The van der Waals surface area contributed by atoms with E-state index < -0.39 is 11.2 Å². The van der Waals surface area contributed by atoms with Crippen LogP contribution in [0.25, 0.3) is 0 Å². The van der Waals surface area contributed by atoms with Gasteiger partial charge in [0.15, 0.2) is 0 Å². The number of amides is 8. The van der Waals surface area contributed by atoms with Gasteiger partial charge in [0.05, 0.1) is 99.8 Å². The van der Waals surface area contributed by atoms with Crippen LogP contribution in [-0.2, 0) is 22.0 Å². The maximum absolute atomic E-state index is 13.9. The van der Waals surface area contributed by atoms with Crippen LogP contribution in [0, 0.1) is 34.0 Å². The molecule has 6 aliphatic carbocycles. The molecular formula is C95H116N14O6. The van der Waals surface area contributed by atoms with Gasteiger partial charge in [0.1, 0.15) is 18.2 Å². The molecule has 115 heavy (non-hydrogen) atoms. The van der Waals surface area contributed by atoms with E-state index in [4.69, 9.17) is 0 Å². The smallest absolute Gasteiger partial charge is 0.325 e. The number of carbonyl (C=O) groups excluding carboxylic acids is 4. The first-order valence-corrected chi connectivity index (χ1v) is 41.8. The zero-order valence-corrected chi connectivity index (χ0v) is 68.4. The van der Waals surface area contributed by atoms with Gasteiger partial charge in [-0.05, 0) is 254 Å². The first-order valence-electron chi connectivity index (χ1n) is 41.8. The van der Waals surface area contributed by atoms with E-state index in [9.17, 15) is 45.2 Å². The van der Waals surface area contributed by atoms with Crippen molar-refractivity contribution in [1.29, 1.82) is 15.8 Å². The summed E-state index contributed by atoms with van der Waals surface area (Å²) in [4.78, 5) is 68.1. The summed E-state index contributed by atoms with van der Waals surface area (Å²) in [7, 11) is 12.9. The number of nitrogens with one attached hydrogen (secondary N) is 3. The van der Waals surface area contributed by atoms with E-state index in [0.717, 1.165) is 154 Å². The Morgan fingerprint density at radius 2 is 0.696 bits per heavy atom. The predicted octanol–water partition coefficient (Wildman–Crippen LogP) is 15.8. The number of nitriles is 3. The number of aliphatic hydroxyl groups is 2. The third kappa shape index (κ3) is 15.6. The highest BCUT2D eigenvalue weighted by Gasteiger charge is 2.60. The third-order valence-electron chi connectivity index (χ3n) is 29.2. The maximum Gasteiger partial charge on any atom is 0.325 e. The Balaban J connectivity index is 0.000000129. The molecule has 8 amide bonds. The van der Waals surface area contributed by atoms with E-state index in [1.165, 1.54) is 22.3 Å². The number of β-amino-alcohol motifs (C(OH)–C–C–N with tert-alkyl or cyclic N) is 2. The largest absolute Gasteiger partial charge is 0.388 e. The van der Waals surface area contributed by atoms with Gasteiger partial charge in [-0.2, -0.15) is 15.8 Å². The minimum atomic E-state index is -0.789. The highest BCUT2D eigenvalue weighted by molar-refractivity contribution is 5.98. The van der Waals surface area contributed by atoms with Crippen LogP contribution in [0.3, 0.4) is 0 Å². The number of urea groups is 4. The fourth-order valence-corrected chi connectivity index (χ4v) is 21.3. The second-order valence-corrected chi connectivity index (χ2v) is 35.7. The van der Waals surface area contributed by atoms with Crippen molar-refractivity contribution in [3.05, 3.63) is 233 Å². The summed E-state index contributed by atoms with van der Waals surface area (Å²) < 4.78 is 0. The lowest BCUT2D eigenvalue weighted by Crippen LogP contribution is -2.59. The van der Waals surface area contributed by atoms with Gasteiger partial charge in [-0.15, -0.1) is 0 Å². The molecule has 20 nitrogen and oxygen atoms in total. The Morgan fingerprint density at radius 3 is 1.02 bits per heavy atom. The van der Waals surface area contributed by atoms with Gasteiger partial charge in [-0.1, -0.05) is 165 Å². The number of hydrogen-bond donors (Lipinski definition) is 5. The van der Waals surface area contributed by atoms with Crippen LogP contribution >= 0.6 is 0 Å². The molecule has 5 N–H and O–H groups in total. The monoisotopic (exact) mass is 1550 g/mol. The van der Waals surface area contributed by atoms with Crippen molar-refractivity contribution >= 4 is 41.2 Å². The second-order valence-electron chi connectivity index (χ2n) is 35.7. The van der Waals surface area contributed by atoms with Crippen molar-refractivity contribution in [3.8, 4) is 18.2 Å². The average molecular weight is 1550 g/mol. The van der Waals surface area contributed by atoms with Gasteiger partial charge in [0, 0.05) is 23.2 Å². The topological polar surface area (TPSA) is 242 Å². The summed E-state index contributed by atoms with van der Waals surface area (Å²) in [5.74, 6) is 0. The third-order valence-corrected chi connectivity index (χ3v) is 29.2. The van der Waals surface area contributed by atoms with Gasteiger partial charge in [-0.25, -0.2) is 19.2 Å². The van der Waals surface area contributed by atoms with Gasteiger partial charge in [-0.3, -0.25) is 29.4 Å². The van der Waals surface area contributed by atoms with E-state index in [2.05, 4.69) is 219 Å². The summed E-state index contributed by atoms with van der Waals surface area (Å²) in [5, 5.41) is 60.1. The lowest BCUT2D eigenvalue weighted by molar-refractivity contribution is -0.0725. The van der Waals surface area contributed by atoms with Crippen LogP contribution in [0.1, 0.15) is 194 Å². The standard InChI is InChI=1S/C28H34N4O2.C28H33N3O2.C23H26N4O.C16H23N3O/c1-30(2)28(23-10-4-3-5-11-23)17-15-26(16-18-28)20-31(24-12-7-6-9-22(24)19-29)25(33)32(26)21-27(34)13-8-14-27;1-2-26(23-10-4-3-5-11-23)15-17-27(18-16-26)20-30(24-12-7-6-9-22(24)19-29)25(32)31(27)21-28(33)13-8-14-28;1-26(2)23(19-9-4-3-5-10-19)14-12-22(13-15-23)17-27(21(28)25-22)20-11-7-6-8-18(20)16-24;1-19(2)16(13-6-4-3-5-7-13)10-8-15(9-11-16)12-17-14(20)18-15/h3-7,9-12,34H,8,13-18,20-21H2,1-2H3;3-7,9-12,33H,2,8,13-18,20-21H2,1H3;3-11H,12-15,17H2,1-2H3,(H,25,28);3-7H,8-12H2,1-2H3,(H2,17,18,20). The summed E-state index contributed by atoms with van der Waals surface area (Å²) in [6.45, 7) is 5.55. The number of para-hydroxylation sites is 3. The number of rotatable bonds is 15. The molecule has 10 aliphatic rings. The fraction of sp³-hybridized carbons (Fsp3) is 0.484. The molecule has 0 unspecified atom stereocenters. The zero-order valence-electron chi connectivity index (χ0n) is 68.4. The molecule has 4 aliphatic heterocycles. The van der Waals surface area contributed by atoms with E-state index in [-0.39, 0.29) is 68.3 Å². The SMILES string of the molecule is CCC1(c2ccccc2)CCC2(CC1)CN(c1ccccc1C#N)C(=O)N2CC1(O)CCC1.CN(C)C1(c2ccccc2)CCC2(CC1)CN(c1ccccc1C#N)C(=O)N2.CN(C)C1(c2ccccc2)CCC2(CC1)CN(c1ccccc1C#N)C(=O)N2CC1(O)CCC1.CN(C)C1(c2ccccc2)CCC2(CC1)CNC(=O)N2. The Kier molecular flexibility index (Phi) is 23.3. The lowest BCUT2D eigenvalue weighted by Gasteiger charge is -2.52. The molecule has 20 heteroatoms. The summed E-state index contributed by atoms with van der Waals surface area (Å²) in [6, 6.07) is 71.4. The Labute approximate surface area is 680 Å². The normalized spacial score (nSPS) is 28.9. The van der Waals surface area contributed by atoms with Crippen LogP contribution in [0.4, 0.5) is 36.2 Å². The molecule has 17 rings (SSSR count). The highest BCUT2D eigenvalue weighted by Crippen LogP contribution is 2.55. The molecule has 4 spiro atoms. The van der Waals surface area contributed by atoms with Crippen molar-refractivity contribution < 1.29 is 29.4 Å². The summed E-state index contributed by atoms with van der Waals surface area (Å²) in [5.41, 5.74) is 6.74. The molecule has 7 aromatic rings. The molecule has 10 fully saturated rings. The molecular weight excluding hydrogens is 1430 g/mol. The molecule has 0 radical (unpaired) electrons. The molecule has 4 heterocycles. The van der Waals surface area contributed by atoms with Crippen molar-refractivity contribution in [2.24, 2.45) is 0 Å². The Morgan fingerprint density at radius 1 is 0.374 bits per heavy atom. The zero-order chi connectivity index (χ0) is 81.1. The Hall–Kier alpha value is -10.1. The highest BCUT2D eigenvalue weighted by atomic mass is 16.3. The maximum atomic E-state index is 13.9. The minimum Gasteiger partial charge on any atom is -0.388 e.